The van der Waals surface area contributed by atoms with Crippen molar-refractivity contribution in [2.24, 2.45) is 0 Å². The largest absolute Gasteiger partial charge is 0.544 e. The highest BCUT2D eigenvalue weighted by Crippen LogP contribution is 2.40. The molecule has 0 aromatic heterocycles. The number of hydrogen-bond acceptors (Lipinski definition) is 5. The Balaban J connectivity index is 1.81. The summed E-state index contributed by atoms with van der Waals surface area (Å²) in [7, 11) is 0. The number of carbonyl (C=O) groups is 1. The summed E-state index contributed by atoms with van der Waals surface area (Å²) in [5, 5.41) is 12.9. The maximum atomic E-state index is 11.1. The Kier molecular flexibility index (Phi) is 6.68. The van der Waals surface area contributed by atoms with Crippen molar-refractivity contribution in [2.45, 2.75) is 31.9 Å². The van der Waals surface area contributed by atoms with Crippen molar-refractivity contribution in [1.29, 1.82) is 0 Å². The third kappa shape index (κ3) is 4.97. The maximum Gasteiger partial charge on any atom is 0.175 e. The van der Waals surface area contributed by atoms with Crippen molar-refractivity contribution in [3.05, 3.63) is 57.6 Å². The Labute approximate surface area is 171 Å². The minimum absolute atomic E-state index is 0.00534. The van der Waals surface area contributed by atoms with Gasteiger partial charge in [0.15, 0.2) is 16.9 Å². The smallest absolute Gasteiger partial charge is 0.175 e. The highest BCUT2D eigenvalue weighted by Gasteiger charge is 2.32. The molecule has 1 aliphatic heterocycles. The number of rotatable bonds is 7. The molecule has 3 rings (SSSR count). The molecule has 0 bridgehead atoms. The molecule has 144 valence electrons. The minimum Gasteiger partial charge on any atom is -0.544 e. The van der Waals surface area contributed by atoms with Gasteiger partial charge >= 0.3 is 0 Å². The number of nitrogens with two attached hydrogens (primary N) is 1. The molecule has 0 amide bonds. The van der Waals surface area contributed by atoms with Crippen molar-refractivity contribution < 1.29 is 24.7 Å². The molecule has 0 saturated carbocycles. The second-order valence-electron chi connectivity index (χ2n) is 6.41. The summed E-state index contributed by atoms with van der Waals surface area (Å²) < 4.78 is 12.6. The molecule has 27 heavy (non-hydrogen) atoms. The van der Waals surface area contributed by atoms with Gasteiger partial charge in [-0.05, 0) is 47.5 Å². The maximum absolute atomic E-state index is 11.1. The van der Waals surface area contributed by atoms with Crippen LogP contribution in [0, 0.1) is 6.92 Å². The van der Waals surface area contributed by atoms with E-state index in [0.29, 0.717) is 30.5 Å². The zero-order chi connectivity index (χ0) is 19.4. The number of benzene rings is 2. The van der Waals surface area contributed by atoms with Crippen LogP contribution in [-0.2, 0) is 11.4 Å². The summed E-state index contributed by atoms with van der Waals surface area (Å²) in [6.07, 6.45) is 0. The molecular formula is C20H22BrNO4S. The van der Waals surface area contributed by atoms with Gasteiger partial charge in [-0.3, -0.25) is 0 Å². The van der Waals surface area contributed by atoms with Gasteiger partial charge in [0.2, 0.25) is 0 Å². The molecule has 1 heterocycles. The molecule has 5 nitrogen and oxygen atoms in total. The topological polar surface area (TPSA) is 75.2 Å². The Morgan fingerprint density at radius 1 is 1.33 bits per heavy atom. The van der Waals surface area contributed by atoms with E-state index < -0.39 is 12.0 Å². The molecular weight excluding hydrogens is 430 g/mol. The van der Waals surface area contributed by atoms with Crippen LogP contribution in [0.3, 0.4) is 0 Å². The van der Waals surface area contributed by atoms with Crippen LogP contribution in [0.25, 0.3) is 0 Å². The van der Waals surface area contributed by atoms with Gasteiger partial charge in [0.25, 0.3) is 0 Å². The first kappa shape index (κ1) is 20.0. The lowest BCUT2D eigenvalue weighted by atomic mass is 10.1. The van der Waals surface area contributed by atoms with Gasteiger partial charge < -0.3 is 24.7 Å². The Bertz CT molecular complexity index is 830. The summed E-state index contributed by atoms with van der Waals surface area (Å²) in [4.78, 5) is 11.1. The van der Waals surface area contributed by atoms with Crippen molar-refractivity contribution in [3.63, 3.8) is 0 Å². The van der Waals surface area contributed by atoms with E-state index in [0.717, 1.165) is 15.6 Å². The third-order valence-electron chi connectivity index (χ3n) is 4.29. The fraction of sp³-hybridized carbons (Fsp3) is 0.350. The monoisotopic (exact) mass is 451 g/mol. The number of thioether (sulfide) groups is 1. The number of carbonyl (C=O) groups excluding carboxylic acids is 1. The van der Waals surface area contributed by atoms with Crippen molar-refractivity contribution in [3.8, 4) is 11.5 Å². The Morgan fingerprint density at radius 2 is 2.15 bits per heavy atom. The first-order valence-corrected chi connectivity index (χ1v) is 10.6. The SMILES string of the molecule is CCOc1cc(C2[NH2+]C(C(=O)[O-])CS2)cc(Br)c1OCc1cccc(C)c1. The van der Waals surface area contributed by atoms with Crippen molar-refractivity contribution in [2.75, 3.05) is 12.4 Å². The lowest BCUT2D eigenvalue weighted by Gasteiger charge is -2.17. The molecule has 0 radical (unpaired) electrons. The highest BCUT2D eigenvalue weighted by molar-refractivity contribution is 9.10. The van der Waals surface area contributed by atoms with Gasteiger partial charge in [0, 0.05) is 5.56 Å². The first-order valence-electron chi connectivity index (χ1n) is 8.80. The van der Waals surface area contributed by atoms with Gasteiger partial charge in [0.05, 0.1) is 16.8 Å². The van der Waals surface area contributed by atoms with E-state index in [1.54, 1.807) is 11.8 Å². The number of carboxylic acid groups (broad SMARTS) is 1. The average molecular weight is 452 g/mol. The summed E-state index contributed by atoms with van der Waals surface area (Å²) in [5.74, 6) is 0.814. The lowest BCUT2D eigenvalue weighted by molar-refractivity contribution is -0.690. The predicted octanol–water partition coefficient (Wildman–Crippen LogP) is 2.16. The van der Waals surface area contributed by atoms with Crippen LogP contribution in [0.1, 0.15) is 29.0 Å². The number of halogens is 1. The van der Waals surface area contributed by atoms with Crippen molar-refractivity contribution in [1.82, 2.24) is 0 Å². The number of carboxylic acids is 1. The van der Waals surface area contributed by atoms with Crippen LogP contribution in [0.4, 0.5) is 0 Å². The quantitative estimate of drug-likeness (QED) is 0.697. The van der Waals surface area contributed by atoms with E-state index >= 15 is 0 Å². The van der Waals surface area contributed by atoms with Crippen LogP contribution in [-0.4, -0.2) is 24.4 Å². The van der Waals surface area contributed by atoms with Crippen LogP contribution in [0.5, 0.6) is 11.5 Å². The molecule has 1 fully saturated rings. The number of hydrogen-bond donors (Lipinski definition) is 1. The predicted molar refractivity (Wildman–Crippen MR) is 107 cm³/mol. The van der Waals surface area contributed by atoms with E-state index in [-0.39, 0.29) is 5.37 Å². The van der Waals surface area contributed by atoms with E-state index in [2.05, 4.69) is 35.0 Å². The highest BCUT2D eigenvalue weighted by atomic mass is 79.9. The lowest BCUT2D eigenvalue weighted by Crippen LogP contribution is -2.90. The second kappa shape index (κ2) is 8.99. The molecule has 0 aliphatic carbocycles. The molecule has 1 saturated heterocycles. The van der Waals surface area contributed by atoms with E-state index in [4.69, 9.17) is 9.47 Å². The molecule has 0 spiro atoms. The van der Waals surface area contributed by atoms with E-state index in [1.807, 2.05) is 36.5 Å². The van der Waals surface area contributed by atoms with Gasteiger partial charge in [-0.15, -0.1) is 0 Å². The zero-order valence-electron chi connectivity index (χ0n) is 15.2. The van der Waals surface area contributed by atoms with Crippen LogP contribution < -0.4 is 19.9 Å². The fourth-order valence-electron chi connectivity index (χ4n) is 3.00. The third-order valence-corrected chi connectivity index (χ3v) is 6.22. The number of ether oxygens (including phenoxy) is 2. The van der Waals surface area contributed by atoms with Gasteiger partial charge in [-0.2, -0.15) is 0 Å². The molecule has 7 heteroatoms. The summed E-state index contributed by atoms with van der Waals surface area (Å²) >= 11 is 5.18. The second-order valence-corrected chi connectivity index (χ2v) is 8.44. The van der Waals surface area contributed by atoms with Crippen LogP contribution in [0.15, 0.2) is 40.9 Å². The van der Waals surface area contributed by atoms with Crippen LogP contribution in [0.2, 0.25) is 0 Å². The average Bonchev–Trinajstić information content (AvgIpc) is 3.11. The molecule has 2 atom stereocenters. The molecule has 2 unspecified atom stereocenters. The summed E-state index contributed by atoms with van der Waals surface area (Å²) in [5.41, 5.74) is 3.26. The Hall–Kier alpha value is -1.70. The molecule has 2 N–H and O–H groups in total. The van der Waals surface area contributed by atoms with Crippen LogP contribution >= 0.6 is 27.7 Å². The molecule has 1 aliphatic rings. The summed E-state index contributed by atoms with van der Waals surface area (Å²) in [6, 6.07) is 11.6. The Morgan fingerprint density at radius 3 is 2.81 bits per heavy atom. The fourth-order valence-corrected chi connectivity index (χ4v) is 4.86. The van der Waals surface area contributed by atoms with Gasteiger partial charge in [-0.1, -0.05) is 41.6 Å². The number of aryl methyl sites for hydroxylation is 1. The zero-order valence-corrected chi connectivity index (χ0v) is 17.6. The van der Waals surface area contributed by atoms with Crippen molar-refractivity contribution >= 4 is 33.7 Å². The molecule has 2 aromatic rings. The van der Waals surface area contributed by atoms with Gasteiger partial charge in [0.1, 0.15) is 18.6 Å². The minimum atomic E-state index is -1.02. The van der Waals surface area contributed by atoms with Gasteiger partial charge in [-0.25, -0.2) is 0 Å². The number of quaternary nitrogens is 1. The first-order chi connectivity index (χ1) is 13.0. The standard InChI is InChI=1S/C20H22BrNO4S/c1-3-25-17-9-14(19-22-16(11-27-19)20(23)24)8-15(21)18(17)26-10-13-6-4-5-12(2)7-13/h4-9,16,19,22H,3,10-11H2,1-2H3,(H,23,24). The summed E-state index contributed by atoms with van der Waals surface area (Å²) in [6.45, 7) is 4.93. The number of aliphatic carboxylic acids is 1. The van der Waals surface area contributed by atoms with E-state index in [1.165, 1.54) is 5.56 Å². The van der Waals surface area contributed by atoms with E-state index in [9.17, 15) is 9.90 Å². The molecule has 2 aromatic carbocycles. The normalized spacial score (nSPS) is 19.1.